The summed E-state index contributed by atoms with van der Waals surface area (Å²) in [5, 5.41) is 12.0. The average Bonchev–Trinajstić information content (AvgIpc) is 2.29. The summed E-state index contributed by atoms with van der Waals surface area (Å²) in [6.07, 6.45) is 0. The highest BCUT2D eigenvalue weighted by Gasteiger charge is 2.10. The van der Waals surface area contributed by atoms with Gasteiger partial charge in [0.1, 0.15) is 11.6 Å². The van der Waals surface area contributed by atoms with Crippen LogP contribution in [0.4, 0.5) is 10.1 Å². The smallest absolute Gasteiger partial charge is 0.259 e. The number of hydrogen-bond donors (Lipinski definition) is 2. The van der Waals surface area contributed by atoms with Gasteiger partial charge in [-0.3, -0.25) is 4.79 Å². The Morgan fingerprint density at radius 2 is 1.88 bits per heavy atom. The summed E-state index contributed by atoms with van der Waals surface area (Å²) in [6, 6.07) is 11.7. The van der Waals surface area contributed by atoms with E-state index in [1.165, 1.54) is 30.3 Å². The van der Waals surface area contributed by atoms with Crippen molar-refractivity contribution < 1.29 is 14.3 Å². The molecule has 0 unspecified atom stereocenters. The van der Waals surface area contributed by atoms with Crippen molar-refractivity contribution in [2.75, 3.05) is 5.32 Å². The largest absolute Gasteiger partial charge is 0.507 e. The van der Waals surface area contributed by atoms with Gasteiger partial charge in [-0.1, -0.05) is 18.2 Å². The van der Waals surface area contributed by atoms with E-state index in [0.717, 1.165) is 0 Å². The Morgan fingerprint density at radius 1 is 1.12 bits per heavy atom. The van der Waals surface area contributed by atoms with Crippen molar-refractivity contribution in [2.45, 2.75) is 0 Å². The number of amides is 1. The maximum atomic E-state index is 12.9. The van der Waals surface area contributed by atoms with E-state index in [2.05, 4.69) is 5.32 Å². The second-order valence-corrected chi connectivity index (χ2v) is 3.48. The second-order valence-electron chi connectivity index (χ2n) is 3.48. The minimum atomic E-state index is -0.478. The van der Waals surface area contributed by atoms with Gasteiger partial charge in [0.25, 0.3) is 5.91 Å². The number of aromatic hydroxyl groups is 1. The second kappa shape index (κ2) is 4.65. The van der Waals surface area contributed by atoms with E-state index in [1.807, 2.05) is 0 Å². The third-order valence-corrected chi connectivity index (χ3v) is 2.23. The molecule has 2 rings (SSSR count). The molecular weight excluding hydrogens is 221 g/mol. The standard InChI is InChI=1S/C13H10FNO2/c14-9-4-3-5-10(8-9)15-13(17)11-6-1-2-7-12(11)16/h1-8,16H,(H,15,17). The number of phenols is 1. The molecule has 86 valence electrons. The summed E-state index contributed by atoms with van der Waals surface area (Å²) in [5.41, 5.74) is 0.495. The van der Waals surface area contributed by atoms with Crippen molar-refractivity contribution in [1.82, 2.24) is 0 Å². The lowest BCUT2D eigenvalue weighted by molar-refractivity contribution is 0.102. The van der Waals surface area contributed by atoms with Crippen LogP contribution in [-0.4, -0.2) is 11.0 Å². The van der Waals surface area contributed by atoms with Gasteiger partial charge >= 0.3 is 0 Å². The predicted molar refractivity (Wildman–Crippen MR) is 62.5 cm³/mol. The zero-order valence-corrected chi connectivity index (χ0v) is 8.85. The predicted octanol–water partition coefficient (Wildman–Crippen LogP) is 2.78. The fourth-order valence-electron chi connectivity index (χ4n) is 1.43. The van der Waals surface area contributed by atoms with Crippen LogP contribution >= 0.6 is 0 Å². The number of benzene rings is 2. The van der Waals surface area contributed by atoms with Crippen LogP contribution < -0.4 is 5.32 Å². The number of hydrogen-bond acceptors (Lipinski definition) is 2. The fourth-order valence-corrected chi connectivity index (χ4v) is 1.43. The summed E-state index contributed by atoms with van der Waals surface area (Å²) in [7, 11) is 0. The molecule has 0 heterocycles. The molecule has 0 saturated heterocycles. The Labute approximate surface area is 97.5 Å². The summed E-state index contributed by atoms with van der Waals surface area (Å²) in [5.74, 6) is -1.02. The molecule has 2 aromatic carbocycles. The molecule has 0 fully saturated rings. The maximum Gasteiger partial charge on any atom is 0.259 e. The number of anilines is 1. The molecule has 2 N–H and O–H groups in total. The molecule has 3 nitrogen and oxygen atoms in total. The highest BCUT2D eigenvalue weighted by Crippen LogP contribution is 2.18. The van der Waals surface area contributed by atoms with E-state index in [9.17, 15) is 14.3 Å². The molecule has 0 bridgehead atoms. The van der Waals surface area contributed by atoms with Crippen LogP contribution in [0.1, 0.15) is 10.4 Å². The number of rotatable bonds is 2. The lowest BCUT2D eigenvalue weighted by Crippen LogP contribution is -2.11. The van der Waals surface area contributed by atoms with Crippen molar-refractivity contribution in [3.05, 3.63) is 59.9 Å². The van der Waals surface area contributed by atoms with Crippen LogP contribution in [0.25, 0.3) is 0 Å². The van der Waals surface area contributed by atoms with E-state index in [4.69, 9.17) is 0 Å². The Hall–Kier alpha value is -2.36. The fraction of sp³-hybridized carbons (Fsp3) is 0. The van der Waals surface area contributed by atoms with Gasteiger partial charge in [-0.2, -0.15) is 0 Å². The van der Waals surface area contributed by atoms with E-state index < -0.39 is 11.7 Å². The van der Waals surface area contributed by atoms with Gasteiger partial charge in [-0.25, -0.2) is 4.39 Å². The van der Waals surface area contributed by atoms with E-state index in [1.54, 1.807) is 18.2 Å². The number of carbonyl (C=O) groups excluding carboxylic acids is 1. The zero-order chi connectivity index (χ0) is 12.3. The van der Waals surface area contributed by atoms with Crippen LogP contribution in [0.2, 0.25) is 0 Å². The Morgan fingerprint density at radius 3 is 2.59 bits per heavy atom. The highest BCUT2D eigenvalue weighted by molar-refractivity contribution is 6.06. The molecule has 0 aliphatic carbocycles. The Balaban J connectivity index is 2.20. The topological polar surface area (TPSA) is 49.3 Å². The number of para-hydroxylation sites is 1. The number of halogens is 1. The molecule has 4 heteroatoms. The molecule has 1 amide bonds. The monoisotopic (exact) mass is 231 g/mol. The molecule has 0 atom stereocenters. The Bertz CT molecular complexity index is 555. The van der Waals surface area contributed by atoms with Crippen molar-refractivity contribution in [3.8, 4) is 5.75 Å². The summed E-state index contributed by atoms with van der Waals surface area (Å²) >= 11 is 0. The molecular formula is C13H10FNO2. The van der Waals surface area contributed by atoms with Crippen LogP contribution in [0.3, 0.4) is 0 Å². The van der Waals surface area contributed by atoms with E-state index in [-0.39, 0.29) is 11.3 Å². The van der Waals surface area contributed by atoms with Gasteiger partial charge in [-0.15, -0.1) is 0 Å². The quantitative estimate of drug-likeness (QED) is 0.834. The first-order valence-electron chi connectivity index (χ1n) is 5.02. The lowest BCUT2D eigenvalue weighted by atomic mass is 10.2. The first-order valence-corrected chi connectivity index (χ1v) is 5.02. The summed E-state index contributed by atoms with van der Waals surface area (Å²) in [6.45, 7) is 0. The van der Waals surface area contributed by atoms with Gasteiger partial charge in [0.05, 0.1) is 5.56 Å². The van der Waals surface area contributed by atoms with Crippen molar-refractivity contribution in [2.24, 2.45) is 0 Å². The van der Waals surface area contributed by atoms with Gasteiger partial charge in [-0.05, 0) is 30.3 Å². The van der Waals surface area contributed by atoms with E-state index in [0.29, 0.717) is 5.69 Å². The maximum absolute atomic E-state index is 12.9. The van der Waals surface area contributed by atoms with Crippen molar-refractivity contribution in [3.63, 3.8) is 0 Å². The van der Waals surface area contributed by atoms with Gasteiger partial charge in [0.2, 0.25) is 0 Å². The Kier molecular flexibility index (Phi) is 3.05. The van der Waals surface area contributed by atoms with Gasteiger partial charge < -0.3 is 10.4 Å². The first kappa shape index (κ1) is 11.1. The SMILES string of the molecule is O=C(Nc1cccc(F)c1)c1ccccc1O. The average molecular weight is 231 g/mol. The number of phenolic OH excluding ortho intramolecular Hbond substituents is 1. The first-order chi connectivity index (χ1) is 8.16. The van der Waals surface area contributed by atoms with Gasteiger partial charge in [0, 0.05) is 5.69 Å². The minimum absolute atomic E-state index is 0.110. The van der Waals surface area contributed by atoms with Crippen LogP contribution in [0.15, 0.2) is 48.5 Å². The van der Waals surface area contributed by atoms with E-state index >= 15 is 0 Å². The van der Waals surface area contributed by atoms with Crippen molar-refractivity contribution in [1.29, 1.82) is 0 Å². The summed E-state index contributed by atoms with van der Waals surface area (Å²) < 4.78 is 12.9. The number of carbonyl (C=O) groups is 1. The van der Waals surface area contributed by atoms with Crippen LogP contribution in [0.5, 0.6) is 5.75 Å². The highest BCUT2D eigenvalue weighted by atomic mass is 19.1. The third kappa shape index (κ3) is 2.60. The lowest BCUT2D eigenvalue weighted by Gasteiger charge is -2.06. The van der Waals surface area contributed by atoms with Crippen LogP contribution in [0, 0.1) is 5.82 Å². The van der Waals surface area contributed by atoms with Crippen molar-refractivity contribution >= 4 is 11.6 Å². The minimum Gasteiger partial charge on any atom is -0.507 e. The molecule has 0 saturated carbocycles. The summed E-state index contributed by atoms with van der Waals surface area (Å²) in [4.78, 5) is 11.8. The van der Waals surface area contributed by atoms with Crippen LogP contribution in [-0.2, 0) is 0 Å². The van der Waals surface area contributed by atoms with Gasteiger partial charge in [0.15, 0.2) is 0 Å². The normalized spacial score (nSPS) is 9.94. The third-order valence-electron chi connectivity index (χ3n) is 2.23. The molecule has 0 aromatic heterocycles. The molecule has 2 aromatic rings. The molecule has 0 aliphatic rings. The number of nitrogens with one attached hydrogen (secondary N) is 1. The molecule has 17 heavy (non-hydrogen) atoms. The molecule has 0 aliphatic heterocycles. The molecule has 0 radical (unpaired) electrons. The zero-order valence-electron chi connectivity index (χ0n) is 8.85. The molecule has 0 spiro atoms.